The average molecular weight is 471 g/mol. The number of anilines is 2. The number of nitrogens with zero attached hydrogens (tertiary/aromatic N) is 5. The van der Waals surface area contributed by atoms with Gasteiger partial charge in [-0.3, -0.25) is 9.80 Å². The van der Waals surface area contributed by atoms with Crippen LogP contribution in [0.2, 0.25) is 0 Å². The van der Waals surface area contributed by atoms with Crippen molar-refractivity contribution in [2.45, 2.75) is 32.7 Å². The number of pyridine rings is 1. The second-order valence-corrected chi connectivity index (χ2v) is 9.45. The van der Waals surface area contributed by atoms with Gasteiger partial charge in [0.05, 0.1) is 15.8 Å². The van der Waals surface area contributed by atoms with Gasteiger partial charge in [0.25, 0.3) is 5.91 Å². The molecule has 1 aliphatic carbocycles. The van der Waals surface area contributed by atoms with Crippen molar-refractivity contribution >= 4 is 44.2 Å². The lowest BCUT2D eigenvalue weighted by Crippen LogP contribution is -2.44. The quantitative estimate of drug-likeness (QED) is 0.210. The molecule has 2 heterocycles. The predicted octanol–water partition coefficient (Wildman–Crippen LogP) is 3.13. The zero-order chi connectivity index (χ0) is 23.7. The van der Waals surface area contributed by atoms with Crippen molar-refractivity contribution in [3.8, 4) is 0 Å². The Hall–Kier alpha value is -3.31. The van der Waals surface area contributed by atoms with Crippen molar-refractivity contribution in [2.24, 2.45) is 22.7 Å². The molecular formula is C22H27FN8OS. The van der Waals surface area contributed by atoms with E-state index in [9.17, 15) is 9.18 Å². The Morgan fingerprint density at radius 2 is 2.09 bits per heavy atom. The lowest BCUT2D eigenvalue weighted by molar-refractivity contribution is 0.102. The molecular weight excluding hydrogens is 443 g/mol. The largest absolute Gasteiger partial charge is 0.351 e. The summed E-state index contributed by atoms with van der Waals surface area (Å²) < 4.78 is 15.5. The van der Waals surface area contributed by atoms with Crippen LogP contribution in [-0.4, -0.2) is 46.4 Å². The van der Waals surface area contributed by atoms with Crippen LogP contribution in [0.25, 0.3) is 10.2 Å². The number of carbonyl (C=O) groups excluding carboxylic acids is 1. The molecule has 1 aromatic carbocycles. The Balaban J connectivity index is 1.55. The minimum Gasteiger partial charge on any atom is -0.351 e. The summed E-state index contributed by atoms with van der Waals surface area (Å²) >= 11 is 1.44. The summed E-state index contributed by atoms with van der Waals surface area (Å²) in [4.78, 5) is 23.8. The van der Waals surface area contributed by atoms with E-state index in [2.05, 4.69) is 25.3 Å². The van der Waals surface area contributed by atoms with Crippen LogP contribution in [0.15, 0.2) is 35.4 Å². The fraction of sp³-hybridized carbons (Fsp3) is 0.364. The van der Waals surface area contributed by atoms with E-state index in [0.29, 0.717) is 17.1 Å². The maximum atomic E-state index is 14.8. The van der Waals surface area contributed by atoms with Gasteiger partial charge in [0.1, 0.15) is 17.3 Å². The average Bonchev–Trinajstić information content (AvgIpc) is 3.49. The van der Waals surface area contributed by atoms with Crippen LogP contribution in [0.3, 0.4) is 0 Å². The number of benzene rings is 1. The van der Waals surface area contributed by atoms with Crippen LogP contribution in [0.5, 0.6) is 0 Å². The van der Waals surface area contributed by atoms with Gasteiger partial charge in [-0.1, -0.05) is 17.4 Å². The zero-order valence-electron chi connectivity index (χ0n) is 18.7. The van der Waals surface area contributed by atoms with E-state index in [0.717, 1.165) is 16.4 Å². The number of fused-ring (bicyclic) bond motifs is 1. The molecule has 1 amide bonds. The molecule has 9 nitrogen and oxygen atoms in total. The maximum absolute atomic E-state index is 14.8. The van der Waals surface area contributed by atoms with E-state index in [1.807, 2.05) is 20.9 Å². The van der Waals surface area contributed by atoms with Gasteiger partial charge in [-0.05, 0) is 50.8 Å². The molecule has 1 fully saturated rings. The third kappa shape index (κ3) is 5.04. The van der Waals surface area contributed by atoms with Crippen molar-refractivity contribution in [3.05, 3.63) is 47.4 Å². The highest BCUT2D eigenvalue weighted by molar-refractivity contribution is 7.22. The van der Waals surface area contributed by atoms with Crippen LogP contribution in [0.1, 0.15) is 42.7 Å². The Kier molecular flexibility index (Phi) is 6.43. The second kappa shape index (κ2) is 9.28. The fourth-order valence-corrected chi connectivity index (χ4v) is 4.32. The number of thiazole rings is 1. The molecule has 3 aromatic rings. The fourth-order valence-electron chi connectivity index (χ4n) is 3.36. The summed E-state index contributed by atoms with van der Waals surface area (Å²) in [5.41, 5.74) is 0.839. The van der Waals surface area contributed by atoms with Gasteiger partial charge in [-0.2, -0.15) is 5.10 Å². The smallest absolute Gasteiger partial charge is 0.259 e. The third-order valence-corrected chi connectivity index (χ3v) is 6.54. The first-order valence-corrected chi connectivity index (χ1v) is 11.5. The molecule has 0 unspecified atom stereocenters. The SMILES string of the molecule is CC(C)N(N)/C(=N\N)c1cccc(NC(=O)c2cc3sc(N(C)CC4CC4)nc3cc2F)n1. The first-order chi connectivity index (χ1) is 15.8. The van der Waals surface area contributed by atoms with Crippen LogP contribution >= 0.6 is 11.3 Å². The third-order valence-electron chi connectivity index (χ3n) is 5.41. The Labute approximate surface area is 195 Å². The van der Waals surface area contributed by atoms with Crippen LogP contribution in [0, 0.1) is 11.7 Å². The molecule has 0 bridgehead atoms. The van der Waals surface area contributed by atoms with E-state index in [1.54, 1.807) is 18.2 Å². The van der Waals surface area contributed by atoms with E-state index in [1.165, 1.54) is 41.3 Å². The molecule has 2 aromatic heterocycles. The summed E-state index contributed by atoms with van der Waals surface area (Å²) in [7, 11) is 1.99. The Bertz CT molecular complexity index is 1210. The molecule has 174 valence electrons. The Morgan fingerprint density at radius 1 is 1.33 bits per heavy atom. The molecule has 1 saturated carbocycles. The number of nitrogens with two attached hydrogens (primary N) is 2. The summed E-state index contributed by atoms with van der Waals surface area (Å²) in [6, 6.07) is 7.71. The van der Waals surface area contributed by atoms with Crippen LogP contribution in [-0.2, 0) is 0 Å². The topological polar surface area (TPSA) is 126 Å². The molecule has 0 atom stereocenters. The normalized spacial score (nSPS) is 14.1. The lowest BCUT2D eigenvalue weighted by atomic mass is 10.2. The number of carbonyl (C=O) groups is 1. The van der Waals surface area contributed by atoms with Gasteiger partial charge in [0.2, 0.25) is 0 Å². The number of hydrazone groups is 1. The van der Waals surface area contributed by atoms with E-state index in [4.69, 9.17) is 11.7 Å². The molecule has 5 N–H and O–H groups in total. The van der Waals surface area contributed by atoms with Crippen molar-refractivity contribution in [1.29, 1.82) is 0 Å². The maximum Gasteiger partial charge on any atom is 0.259 e. The van der Waals surface area contributed by atoms with Crippen molar-refractivity contribution in [2.75, 3.05) is 23.8 Å². The molecule has 4 rings (SSSR count). The molecule has 0 radical (unpaired) electrons. The molecule has 0 spiro atoms. The standard InChI is InChI=1S/C22H27FN8OS/c1-12(2)31(25)20(29-24)16-5-4-6-19(26-16)28-21(32)14-9-18-17(10-15(14)23)27-22(33-18)30(3)11-13-7-8-13/h4-6,9-10,12-13H,7-8,11,24-25H2,1-3H3,(H,26,28,32)/b29-20-. The number of hydrazine groups is 1. The number of amides is 1. The highest BCUT2D eigenvalue weighted by Crippen LogP contribution is 2.34. The number of nitrogens with one attached hydrogen (secondary N) is 1. The van der Waals surface area contributed by atoms with Crippen LogP contribution in [0.4, 0.5) is 15.3 Å². The van der Waals surface area contributed by atoms with E-state index >= 15 is 0 Å². The van der Waals surface area contributed by atoms with E-state index in [-0.39, 0.29) is 23.3 Å². The highest BCUT2D eigenvalue weighted by atomic mass is 32.1. The monoisotopic (exact) mass is 470 g/mol. The minimum absolute atomic E-state index is 0.0687. The number of amidine groups is 1. The summed E-state index contributed by atoms with van der Waals surface area (Å²) in [5, 5.41) is 8.55. The van der Waals surface area contributed by atoms with Crippen molar-refractivity contribution < 1.29 is 9.18 Å². The zero-order valence-corrected chi connectivity index (χ0v) is 19.6. The number of hydrogen-bond donors (Lipinski definition) is 3. The molecule has 0 saturated heterocycles. The van der Waals surface area contributed by atoms with Crippen molar-refractivity contribution in [3.63, 3.8) is 0 Å². The minimum atomic E-state index is -0.644. The number of halogens is 1. The number of hydrogen-bond acceptors (Lipinski definition) is 8. The number of rotatable bonds is 7. The number of aromatic nitrogens is 2. The van der Waals surface area contributed by atoms with Crippen molar-refractivity contribution in [1.82, 2.24) is 15.0 Å². The predicted molar refractivity (Wildman–Crippen MR) is 130 cm³/mol. The van der Waals surface area contributed by atoms with Gasteiger partial charge in [-0.15, -0.1) is 0 Å². The molecule has 11 heteroatoms. The first kappa shape index (κ1) is 22.9. The molecule has 33 heavy (non-hydrogen) atoms. The summed E-state index contributed by atoms with van der Waals surface area (Å²) in [6.45, 7) is 4.69. The Morgan fingerprint density at radius 3 is 2.76 bits per heavy atom. The second-order valence-electron chi connectivity index (χ2n) is 8.44. The van der Waals surface area contributed by atoms with Gasteiger partial charge >= 0.3 is 0 Å². The highest BCUT2D eigenvalue weighted by Gasteiger charge is 2.24. The first-order valence-electron chi connectivity index (χ1n) is 10.7. The van der Waals surface area contributed by atoms with E-state index < -0.39 is 11.7 Å². The lowest BCUT2D eigenvalue weighted by Gasteiger charge is -2.23. The summed E-state index contributed by atoms with van der Waals surface area (Å²) in [6.07, 6.45) is 2.48. The van der Waals surface area contributed by atoms with Gasteiger partial charge in [0.15, 0.2) is 11.0 Å². The van der Waals surface area contributed by atoms with Gasteiger partial charge in [-0.25, -0.2) is 20.2 Å². The molecule has 0 aliphatic heterocycles. The molecule has 1 aliphatic rings. The van der Waals surface area contributed by atoms with Crippen LogP contribution < -0.4 is 21.9 Å². The van der Waals surface area contributed by atoms with Gasteiger partial charge in [0, 0.05) is 25.7 Å². The van der Waals surface area contributed by atoms with Gasteiger partial charge < -0.3 is 16.1 Å². The summed E-state index contributed by atoms with van der Waals surface area (Å²) in [5.74, 6) is 11.4.